The summed E-state index contributed by atoms with van der Waals surface area (Å²) in [5, 5.41) is 0. The molecule has 0 N–H and O–H groups in total. The van der Waals surface area contributed by atoms with E-state index in [1.165, 1.54) is 10.2 Å². The van der Waals surface area contributed by atoms with Gasteiger partial charge in [-0.2, -0.15) is 0 Å². The Kier molecular flexibility index (Phi) is 3.19. The average molecular weight is 252 g/mol. The summed E-state index contributed by atoms with van der Waals surface area (Å²) in [6, 6.07) is 7.33. The maximum atomic E-state index is 11.8. The first-order chi connectivity index (χ1) is 8.04. The molecule has 1 aromatic carbocycles. The summed E-state index contributed by atoms with van der Waals surface area (Å²) in [7, 11) is -3.29. The lowest BCUT2D eigenvalue weighted by atomic mass is 10.2. The van der Waals surface area contributed by atoms with E-state index in [2.05, 4.69) is 11.9 Å². The SMILES string of the molecule is CCCCc1nc2ccccc2n1S(C)(=O)=O. The van der Waals surface area contributed by atoms with Crippen LogP contribution in [-0.4, -0.2) is 23.6 Å². The number of aryl methyl sites for hydroxylation is 1. The number of fused-ring (bicyclic) bond motifs is 1. The second kappa shape index (κ2) is 4.49. The summed E-state index contributed by atoms with van der Waals surface area (Å²) in [5.74, 6) is 0.635. The maximum absolute atomic E-state index is 11.8. The lowest BCUT2D eigenvalue weighted by molar-refractivity contribution is 0.591. The second-order valence-electron chi connectivity index (χ2n) is 4.15. The lowest BCUT2D eigenvalue weighted by Crippen LogP contribution is -2.13. The molecular weight excluding hydrogens is 236 g/mol. The zero-order valence-electron chi connectivity index (χ0n) is 10.0. The van der Waals surface area contributed by atoms with Crippen LogP contribution in [0, 0.1) is 0 Å². The van der Waals surface area contributed by atoms with Crippen LogP contribution in [0.4, 0.5) is 0 Å². The highest BCUT2D eigenvalue weighted by Crippen LogP contribution is 2.19. The molecule has 0 fully saturated rings. The van der Waals surface area contributed by atoms with Crippen molar-refractivity contribution in [3.8, 4) is 0 Å². The molecule has 2 rings (SSSR count). The predicted molar refractivity (Wildman–Crippen MR) is 68.6 cm³/mol. The van der Waals surface area contributed by atoms with Gasteiger partial charge in [0.25, 0.3) is 0 Å². The summed E-state index contributed by atoms with van der Waals surface area (Å²) < 4.78 is 25.0. The molecule has 92 valence electrons. The van der Waals surface area contributed by atoms with Gasteiger partial charge < -0.3 is 0 Å². The first kappa shape index (κ1) is 12.1. The third-order valence-electron chi connectivity index (χ3n) is 2.67. The van der Waals surface area contributed by atoms with E-state index in [1.807, 2.05) is 18.2 Å². The van der Waals surface area contributed by atoms with Gasteiger partial charge in [-0.15, -0.1) is 0 Å². The highest BCUT2D eigenvalue weighted by molar-refractivity contribution is 7.89. The second-order valence-corrected chi connectivity index (χ2v) is 5.98. The Labute approximate surface area is 101 Å². The van der Waals surface area contributed by atoms with Crippen LogP contribution in [0.2, 0.25) is 0 Å². The van der Waals surface area contributed by atoms with E-state index in [1.54, 1.807) is 6.07 Å². The normalized spacial score (nSPS) is 12.1. The van der Waals surface area contributed by atoms with Gasteiger partial charge in [0.05, 0.1) is 17.3 Å². The molecule has 2 aromatic rings. The van der Waals surface area contributed by atoms with Crippen LogP contribution in [0.25, 0.3) is 11.0 Å². The molecular formula is C12H16N2O2S. The van der Waals surface area contributed by atoms with Crippen LogP contribution in [-0.2, 0) is 16.4 Å². The fourth-order valence-corrected chi connectivity index (χ4v) is 2.94. The third kappa shape index (κ3) is 2.34. The standard InChI is InChI=1S/C12H16N2O2S/c1-3-4-9-12-13-10-7-5-6-8-11(10)14(12)17(2,15)16/h5-8H,3-4,9H2,1-2H3. The van der Waals surface area contributed by atoms with Crippen molar-refractivity contribution in [2.24, 2.45) is 0 Å². The number of hydrogen-bond acceptors (Lipinski definition) is 3. The lowest BCUT2D eigenvalue weighted by Gasteiger charge is -2.05. The molecule has 5 heteroatoms. The molecule has 4 nitrogen and oxygen atoms in total. The molecule has 0 amide bonds. The number of nitrogens with zero attached hydrogens (tertiary/aromatic N) is 2. The van der Waals surface area contributed by atoms with Gasteiger partial charge in [0.15, 0.2) is 0 Å². The maximum Gasteiger partial charge on any atom is 0.237 e. The van der Waals surface area contributed by atoms with E-state index < -0.39 is 10.0 Å². The first-order valence-electron chi connectivity index (χ1n) is 5.71. The monoisotopic (exact) mass is 252 g/mol. The van der Waals surface area contributed by atoms with Gasteiger partial charge in [0.2, 0.25) is 10.0 Å². The van der Waals surface area contributed by atoms with Crippen molar-refractivity contribution in [3.63, 3.8) is 0 Å². The molecule has 0 saturated carbocycles. The number of rotatable bonds is 4. The van der Waals surface area contributed by atoms with Crippen LogP contribution in [0.3, 0.4) is 0 Å². The molecule has 0 aliphatic heterocycles. The highest BCUT2D eigenvalue weighted by Gasteiger charge is 2.16. The molecule has 0 unspecified atom stereocenters. The van der Waals surface area contributed by atoms with E-state index in [0.717, 1.165) is 18.4 Å². The van der Waals surface area contributed by atoms with Crippen LogP contribution in [0.1, 0.15) is 25.6 Å². The molecule has 0 saturated heterocycles. The minimum atomic E-state index is -3.29. The quantitative estimate of drug-likeness (QED) is 0.838. The van der Waals surface area contributed by atoms with E-state index >= 15 is 0 Å². The van der Waals surface area contributed by atoms with Crippen molar-refractivity contribution in [2.45, 2.75) is 26.2 Å². The minimum Gasteiger partial charge on any atom is -0.232 e. The number of benzene rings is 1. The number of imidazole rings is 1. The largest absolute Gasteiger partial charge is 0.237 e. The molecule has 0 spiro atoms. The fraction of sp³-hybridized carbons (Fsp3) is 0.417. The highest BCUT2D eigenvalue weighted by atomic mass is 32.2. The van der Waals surface area contributed by atoms with Crippen molar-refractivity contribution in [1.82, 2.24) is 8.96 Å². The summed E-state index contributed by atoms with van der Waals surface area (Å²) in [6.07, 6.45) is 3.88. The van der Waals surface area contributed by atoms with E-state index in [0.29, 0.717) is 17.8 Å². The van der Waals surface area contributed by atoms with Crippen molar-refractivity contribution in [1.29, 1.82) is 0 Å². The first-order valence-corrected chi connectivity index (χ1v) is 7.55. The van der Waals surface area contributed by atoms with Crippen molar-refractivity contribution in [3.05, 3.63) is 30.1 Å². The third-order valence-corrected chi connectivity index (χ3v) is 3.74. The zero-order chi connectivity index (χ0) is 12.5. The number of para-hydroxylation sites is 2. The van der Waals surface area contributed by atoms with Gasteiger partial charge in [-0.3, -0.25) is 0 Å². The van der Waals surface area contributed by atoms with Gasteiger partial charge in [0.1, 0.15) is 5.82 Å². The molecule has 0 bridgehead atoms. The molecule has 0 radical (unpaired) electrons. The van der Waals surface area contributed by atoms with E-state index in [4.69, 9.17) is 0 Å². The number of unbranched alkanes of at least 4 members (excludes halogenated alkanes) is 1. The van der Waals surface area contributed by atoms with Gasteiger partial charge in [-0.05, 0) is 18.6 Å². The summed E-state index contributed by atoms with van der Waals surface area (Å²) in [6.45, 7) is 2.08. The van der Waals surface area contributed by atoms with Gasteiger partial charge >= 0.3 is 0 Å². The zero-order valence-corrected chi connectivity index (χ0v) is 10.9. The average Bonchev–Trinajstić information content (AvgIpc) is 2.63. The van der Waals surface area contributed by atoms with Gasteiger partial charge in [0, 0.05) is 6.42 Å². The summed E-state index contributed by atoms with van der Waals surface area (Å²) >= 11 is 0. The summed E-state index contributed by atoms with van der Waals surface area (Å²) in [5.41, 5.74) is 1.41. The van der Waals surface area contributed by atoms with Crippen molar-refractivity contribution in [2.75, 3.05) is 6.26 Å². The van der Waals surface area contributed by atoms with Crippen LogP contribution in [0.5, 0.6) is 0 Å². The van der Waals surface area contributed by atoms with Crippen molar-refractivity contribution >= 4 is 21.1 Å². The Hall–Kier alpha value is -1.36. The molecule has 17 heavy (non-hydrogen) atoms. The van der Waals surface area contributed by atoms with Crippen molar-refractivity contribution < 1.29 is 8.42 Å². The molecule has 1 aromatic heterocycles. The topological polar surface area (TPSA) is 52.0 Å². The van der Waals surface area contributed by atoms with Gasteiger partial charge in [-0.1, -0.05) is 25.5 Å². The molecule has 0 aliphatic rings. The van der Waals surface area contributed by atoms with Crippen LogP contribution < -0.4 is 0 Å². The Bertz CT molecular complexity index is 629. The summed E-state index contributed by atoms with van der Waals surface area (Å²) in [4.78, 5) is 4.40. The van der Waals surface area contributed by atoms with Gasteiger partial charge in [-0.25, -0.2) is 17.4 Å². The molecule has 1 heterocycles. The Balaban J connectivity index is 2.66. The minimum absolute atomic E-state index is 0.635. The van der Waals surface area contributed by atoms with E-state index in [-0.39, 0.29) is 0 Å². The van der Waals surface area contributed by atoms with E-state index in [9.17, 15) is 8.42 Å². The van der Waals surface area contributed by atoms with Crippen LogP contribution in [0.15, 0.2) is 24.3 Å². The van der Waals surface area contributed by atoms with Crippen LogP contribution >= 0.6 is 0 Å². The Morgan fingerprint density at radius 3 is 2.65 bits per heavy atom. The number of aromatic nitrogens is 2. The predicted octanol–water partition coefficient (Wildman–Crippen LogP) is 2.19. The molecule has 0 aliphatic carbocycles. The molecule has 0 atom stereocenters. The Morgan fingerprint density at radius 2 is 2.00 bits per heavy atom. The smallest absolute Gasteiger partial charge is 0.232 e. The Morgan fingerprint density at radius 1 is 1.29 bits per heavy atom. The fourth-order valence-electron chi connectivity index (χ4n) is 1.92. The number of hydrogen-bond donors (Lipinski definition) is 0.